The van der Waals surface area contributed by atoms with Crippen LogP contribution in [0.5, 0.6) is 0 Å². The first-order valence-corrected chi connectivity index (χ1v) is 8.72. The number of nitrogens with zero attached hydrogens (tertiary/aromatic N) is 4. The van der Waals surface area contributed by atoms with Gasteiger partial charge in [-0.15, -0.1) is 0 Å². The number of aryl methyl sites for hydroxylation is 1. The van der Waals surface area contributed by atoms with Crippen molar-refractivity contribution in [1.29, 1.82) is 0 Å². The zero-order valence-electron chi connectivity index (χ0n) is 15.4. The summed E-state index contributed by atoms with van der Waals surface area (Å²) in [5.74, 6) is 0.861. The summed E-state index contributed by atoms with van der Waals surface area (Å²) in [6.07, 6.45) is 6.05. The maximum atomic E-state index is 11.9. The van der Waals surface area contributed by atoms with Gasteiger partial charge < -0.3 is 15.2 Å². The second kappa shape index (κ2) is 7.51. The van der Waals surface area contributed by atoms with Crippen LogP contribution in [-0.2, 0) is 6.54 Å². The van der Waals surface area contributed by atoms with E-state index in [1.807, 2.05) is 45.0 Å². The highest BCUT2D eigenvalue weighted by atomic mass is 16.2. The molecule has 7 nitrogen and oxygen atoms in total. The van der Waals surface area contributed by atoms with Crippen LogP contribution in [0.2, 0.25) is 0 Å². The largest absolute Gasteiger partial charge is 0.338 e. The topological polar surface area (TPSA) is 84.7 Å². The van der Waals surface area contributed by atoms with Gasteiger partial charge in [0.1, 0.15) is 11.3 Å². The van der Waals surface area contributed by atoms with Crippen molar-refractivity contribution < 1.29 is 4.79 Å². The van der Waals surface area contributed by atoms with Gasteiger partial charge in [-0.2, -0.15) is 0 Å². The van der Waals surface area contributed by atoms with E-state index in [2.05, 4.69) is 25.2 Å². The van der Waals surface area contributed by atoms with Crippen molar-refractivity contribution in [2.24, 2.45) is 0 Å². The molecule has 0 atom stereocenters. The van der Waals surface area contributed by atoms with Crippen LogP contribution < -0.4 is 10.6 Å². The SMILES string of the molecule is CC(C)(C)NC(=O)NCCCn1c(-c2ccncc2)nc2cccnc21. The van der Waals surface area contributed by atoms with Gasteiger partial charge in [0.2, 0.25) is 0 Å². The van der Waals surface area contributed by atoms with Crippen molar-refractivity contribution >= 4 is 17.2 Å². The Morgan fingerprint density at radius 3 is 2.65 bits per heavy atom. The summed E-state index contributed by atoms with van der Waals surface area (Å²) in [7, 11) is 0. The van der Waals surface area contributed by atoms with Gasteiger partial charge in [0.05, 0.1) is 0 Å². The minimum absolute atomic E-state index is 0.152. The molecule has 7 heteroatoms. The molecule has 2 N–H and O–H groups in total. The second-order valence-corrected chi connectivity index (χ2v) is 7.15. The Morgan fingerprint density at radius 2 is 1.92 bits per heavy atom. The molecule has 0 fully saturated rings. The first kappa shape index (κ1) is 17.8. The van der Waals surface area contributed by atoms with Crippen molar-refractivity contribution in [2.75, 3.05) is 6.54 Å². The van der Waals surface area contributed by atoms with Crippen molar-refractivity contribution in [2.45, 2.75) is 39.3 Å². The molecule has 136 valence electrons. The average molecular weight is 352 g/mol. The number of urea groups is 1. The van der Waals surface area contributed by atoms with E-state index in [-0.39, 0.29) is 11.6 Å². The highest BCUT2D eigenvalue weighted by molar-refractivity contribution is 5.77. The van der Waals surface area contributed by atoms with Crippen LogP contribution in [0.4, 0.5) is 4.79 Å². The molecule has 3 heterocycles. The number of nitrogens with one attached hydrogen (secondary N) is 2. The van der Waals surface area contributed by atoms with Gasteiger partial charge in [-0.1, -0.05) is 0 Å². The lowest BCUT2D eigenvalue weighted by molar-refractivity contribution is 0.232. The summed E-state index contributed by atoms with van der Waals surface area (Å²) in [4.78, 5) is 25.1. The first-order valence-electron chi connectivity index (χ1n) is 8.72. The zero-order chi connectivity index (χ0) is 18.6. The summed E-state index contributed by atoms with van der Waals surface area (Å²) in [6.45, 7) is 7.15. The molecule has 0 aliphatic carbocycles. The summed E-state index contributed by atoms with van der Waals surface area (Å²) >= 11 is 0. The van der Waals surface area contributed by atoms with E-state index < -0.39 is 0 Å². The van der Waals surface area contributed by atoms with E-state index in [1.54, 1.807) is 18.6 Å². The van der Waals surface area contributed by atoms with Crippen molar-refractivity contribution in [3.63, 3.8) is 0 Å². The predicted octanol–water partition coefficient (Wildman–Crippen LogP) is 2.98. The molecule has 3 rings (SSSR count). The van der Waals surface area contributed by atoms with Crippen molar-refractivity contribution in [3.8, 4) is 11.4 Å². The standard InChI is InChI=1S/C19H24N6O/c1-19(2,3)24-18(26)22-10-5-13-25-16(14-7-11-20-12-8-14)23-15-6-4-9-21-17(15)25/h4,6-9,11-12H,5,10,13H2,1-3H3,(H2,22,24,26). The Morgan fingerprint density at radius 1 is 1.15 bits per heavy atom. The fourth-order valence-corrected chi connectivity index (χ4v) is 2.72. The van der Waals surface area contributed by atoms with E-state index >= 15 is 0 Å². The molecule has 0 saturated carbocycles. The molecule has 0 saturated heterocycles. The third-order valence-electron chi connectivity index (χ3n) is 3.77. The quantitative estimate of drug-likeness (QED) is 0.691. The number of hydrogen-bond donors (Lipinski definition) is 2. The van der Waals surface area contributed by atoms with Gasteiger partial charge in [0, 0.05) is 42.8 Å². The highest BCUT2D eigenvalue weighted by Crippen LogP contribution is 2.23. The smallest absolute Gasteiger partial charge is 0.315 e. The van der Waals surface area contributed by atoms with Crippen LogP contribution in [0.15, 0.2) is 42.9 Å². The van der Waals surface area contributed by atoms with Crippen molar-refractivity contribution in [3.05, 3.63) is 42.9 Å². The lowest BCUT2D eigenvalue weighted by Gasteiger charge is -2.20. The number of amides is 2. The Hall–Kier alpha value is -2.96. The van der Waals surface area contributed by atoms with Gasteiger partial charge in [-0.3, -0.25) is 4.98 Å². The first-order chi connectivity index (χ1) is 12.4. The molecule has 3 aromatic rings. The van der Waals surface area contributed by atoms with E-state index in [4.69, 9.17) is 4.98 Å². The third-order valence-corrected chi connectivity index (χ3v) is 3.77. The van der Waals surface area contributed by atoms with Crippen LogP contribution in [-0.4, -0.2) is 37.6 Å². The second-order valence-electron chi connectivity index (χ2n) is 7.15. The minimum atomic E-state index is -0.247. The van der Waals surface area contributed by atoms with Crippen LogP contribution in [0.1, 0.15) is 27.2 Å². The maximum Gasteiger partial charge on any atom is 0.315 e. The average Bonchev–Trinajstić information content (AvgIpc) is 2.97. The van der Waals surface area contributed by atoms with E-state index in [1.165, 1.54) is 0 Å². The molecule has 0 bridgehead atoms. The van der Waals surface area contributed by atoms with Gasteiger partial charge in [0.25, 0.3) is 0 Å². The molecular weight excluding hydrogens is 328 g/mol. The lowest BCUT2D eigenvalue weighted by Crippen LogP contribution is -2.46. The van der Waals surface area contributed by atoms with E-state index in [9.17, 15) is 4.79 Å². The Labute approximate surface area is 152 Å². The minimum Gasteiger partial charge on any atom is -0.338 e. The van der Waals surface area contributed by atoms with Crippen LogP contribution in [0, 0.1) is 0 Å². The van der Waals surface area contributed by atoms with Gasteiger partial charge in [0.15, 0.2) is 5.65 Å². The summed E-state index contributed by atoms with van der Waals surface area (Å²) in [5, 5.41) is 5.79. The molecule has 3 aromatic heterocycles. The summed E-state index contributed by atoms with van der Waals surface area (Å²) < 4.78 is 2.09. The number of aromatic nitrogens is 4. The Balaban J connectivity index is 1.72. The van der Waals surface area contributed by atoms with Crippen LogP contribution >= 0.6 is 0 Å². The van der Waals surface area contributed by atoms with Crippen molar-refractivity contribution in [1.82, 2.24) is 30.2 Å². The van der Waals surface area contributed by atoms with E-state index in [0.29, 0.717) is 13.1 Å². The van der Waals surface area contributed by atoms with Gasteiger partial charge in [-0.05, 0) is 51.5 Å². The number of rotatable bonds is 5. The molecule has 0 aliphatic rings. The molecule has 0 spiro atoms. The molecule has 0 aliphatic heterocycles. The fourth-order valence-electron chi connectivity index (χ4n) is 2.72. The summed E-state index contributed by atoms with van der Waals surface area (Å²) in [6, 6.07) is 7.56. The van der Waals surface area contributed by atoms with Crippen LogP contribution in [0.3, 0.4) is 0 Å². The maximum absolute atomic E-state index is 11.9. The van der Waals surface area contributed by atoms with Crippen LogP contribution in [0.25, 0.3) is 22.6 Å². The molecule has 2 amide bonds. The molecular formula is C19H24N6O. The Bertz CT molecular complexity index is 882. The molecule has 26 heavy (non-hydrogen) atoms. The van der Waals surface area contributed by atoms with Gasteiger partial charge in [-0.25, -0.2) is 14.8 Å². The normalized spacial score (nSPS) is 11.5. The Kier molecular flexibility index (Phi) is 5.16. The number of carbonyl (C=O) groups excluding carboxylic acids is 1. The number of fused-ring (bicyclic) bond motifs is 1. The summed E-state index contributed by atoms with van der Waals surface area (Å²) in [5.41, 5.74) is 2.45. The number of pyridine rings is 2. The number of imidazole rings is 1. The monoisotopic (exact) mass is 352 g/mol. The molecule has 0 radical (unpaired) electrons. The predicted molar refractivity (Wildman–Crippen MR) is 102 cm³/mol. The molecule has 0 unspecified atom stereocenters. The number of carbonyl (C=O) groups is 1. The highest BCUT2D eigenvalue weighted by Gasteiger charge is 2.14. The van der Waals surface area contributed by atoms with Gasteiger partial charge >= 0.3 is 6.03 Å². The van der Waals surface area contributed by atoms with E-state index in [0.717, 1.165) is 29.0 Å². The number of hydrogen-bond acceptors (Lipinski definition) is 4. The lowest BCUT2D eigenvalue weighted by atomic mass is 10.1. The third kappa shape index (κ3) is 4.36. The fraction of sp³-hybridized carbons (Fsp3) is 0.368. The molecule has 0 aromatic carbocycles. The zero-order valence-corrected chi connectivity index (χ0v) is 15.4.